The van der Waals surface area contributed by atoms with E-state index in [1.807, 2.05) is 19.9 Å². The second-order valence-electron chi connectivity index (χ2n) is 4.04. The molecule has 2 rings (SSSR count). The quantitative estimate of drug-likeness (QED) is 0.709. The number of primary amides is 1. The third-order valence-corrected chi connectivity index (χ3v) is 2.60. The Morgan fingerprint density at radius 3 is 2.75 bits per heavy atom. The van der Waals surface area contributed by atoms with Crippen molar-refractivity contribution in [2.75, 3.05) is 5.73 Å². The van der Waals surface area contributed by atoms with E-state index in [2.05, 4.69) is 9.97 Å². The normalized spacial score (nSPS) is 11.2. The summed E-state index contributed by atoms with van der Waals surface area (Å²) in [7, 11) is 0. The monoisotopic (exact) mass is 218 g/mol. The van der Waals surface area contributed by atoms with Crippen LogP contribution in [0.5, 0.6) is 0 Å². The Morgan fingerprint density at radius 2 is 2.19 bits per heavy atom. The van der Waals surface area contributed by atoms with Crippen molar-refractivity contribution in [3.63, 3.8) is 0 Å². The van der Waals surface area contributed by atoms with Crippen molar-refractivity contribution in [1.29, 1.82) is 0 Å². The Morgan fingerprint density at radius 1 is 1.50 bits per heavy atom. The van der Waals surface area contributed by atoms with Gasteiger partial charge in [0.2, 0.25) is 0 Å². The number of aromatic nitrogens is 2. The summed E-state index contributed by atoms with van der Waals surface area (Å²) in [6, 6.07) is 1.88. The molecule has 0 aliphatic carbocycles. The maximum absolute atomic E-state index is 11.4. The summed E-state index contributed by atoms with van der Waals surface area (Å²) < 4.78 is 0. The predicted octanol–water partition coefficient (Wildman–Crippen LogP) is 1.37. The van der Waals surface area contributed by atoms with Gasteiger partial charge in [0.05, 0.1) is 5.56 Å². The summed E-state index contributed by atoms with van der Waals surface area (Å²) >= 11 is 0. The van der Waals surface area contributed by atoms with Gasteiger partial charge in [0.1, 0.15) is 11.5 Å². The maximum atomic E-state index is 11.4. The van der Waals surface area contributed by atoms with Crippen molar-refractivity contribution in [3.05, 3.63) is 23.4 Å². The highest BCUT2D eigenvalue weighted by molar-refractivity contribution is 6.03. The number of carbonyl (C=O) groups is 1. The summed E-state index contributed by atoms with van der Waals surface area (Å²) in [6.45, 7) is 3.99. The van der Waals surface area contributed by atoms with Gasteiger partial charge < -0.3 is 16.5 Å². The Balaban J connectivity index is 2.90. The zero-order valence-electron chi connectivity index (χ0n) is 9.24. The van der Waals surface area contributed by atoms with Crippen molar-refractivity contribution < 1.29 is 4.79 Å². The van der Waals surface area contributed by atoms with E-state index >= 15 is 0 Å². The van der Waals surface area contributed by atoms with Crippen molar-refractivity contribution in [2.24, 2.45) is 5.73 Å². The molecular weight excluding hydrogens is 204 g/mol. The number of carbonyl (C=O) groups excluding carboxylic acids is 1. The number of H-pyrrole nitrogens is 1. The standard InChI is InChI=1S/C11H14N4O/c1-5(2)7-6-3-4-14-11(6)15-9(12)8(7)10(13)16/h3-5H,1-2H3,(H2,13,16)(H3,12,14,15). The van der Waals surface area contributed by atoms with Gasteiger partial charge >= 0.3 is 0 Å². The second kappa shape index (κ2) is 3.52. The molecule has 84 valence electrons. The van der Waals surface area contributed by atoms with Crippen molar-refractivity contribution in [3.8, 4) is 0 Å². The number of nitrogens with zero attached hydrogens (tertiary/aromatic N) is 1. The number of hydrogen-bond donors (Lipinski definition) is 3. The topological polar surface area (TPSA) is 97.8 Å². The number of nitrogens with one attached hydrogen (secondary N) is 1. The number of rotatable bonds is 2. The lowest BCUT2D eigenvalue weighted by molar-refractivity contribution is 0.1000. The minimum Gasteiger partial charge on any atom is -0.383 e. The molecule has 0 aliphatic heterocycles. The predicted molar refractivity (Wildman–Crippen MR) is 63.1 cm³/mol. The highest BCUT2D eigenvalue weighted by Crippen LogP contribution is 2.30. The highest BCUT2D eigenvalue weighted by Gasteiger charge is 2.20. The van der Waals surface area contributed by atoms with Crippen molar-refractivity contribution >= 4 is 22.8 Å². The average Bonchev–Trinajstić information content (AvgIpc) is 2.61. The molecule has 0 aliphatic rings. The van der Waals surface area contributed by atoms with Crippen LogP contribution in [0.3, 0.4) is 0 Å². The van der Waals surface area contributed by atoms with Gasteiger partial charge in [-0.25, -0.2) is 4.98 Å². The molecule has 0 bridgehead atoms. The summed E-state index contributed by atoms with van der Waals surface area (Å²) in [5, 5.41) is 0.901. The summed E-state index contributed by atoms with van der Waals surface area (Å²) in [5.74, 6) is -0.186. The number of nitrogens with two attached hydrogens (primary N) is 2. The van der Waals surface area contributed by atoms with E-state index in [4.69, 9.17) is 11.5 Å². The van der Waals surface area contributed by atoms with Gasteiger partial charge in [-0.1, -0.05) is 13.8 Å². The van der Waals surface area contributed by atoms with Gasteiger partial charge in [0, 0.05) is 11.6 Å². The van der Waals surface area contributed by atoms with Crippen LogP contribution in [0.15, 0.2) is 12.3 Å². The van der Waals surface area contributed by atoms with Crippen LogP contribution in [-0.4, -0.2) is 15.9 Å². The molecule has 16 heavy (non-hydrogen) atoms. The lowest BCUT2D eigenvalue weighted by Crippen LogP contribution is -2.18. The van der Waals surface area contributed by atoms with Crippen LogP contribution in [0.2, 0.25) is 0 Å². The Labute approximate surface area is 92.8 Å². The molecule has 5 N–H and O–H groups in total. The van der Waals surface area contributed by atoms with Gasteiger partial charge in [-0.2, -0.15) is 0 Å². The van der Waals surface area contributed by atoms with Crippen LogP contribution in [0.4, 0.5) is 5.82 Å². The third kappa shape index (κ3) is 1.41. The molecule has 2 heterocycles. The molecule has 0 unspecified atom stereocenters. The molecule has 1 amide bonds. The average molecular weight is 218 g/mol. The third-order valence-electron chi connectivity index (χ3n) is 2.60. The van der Waals surface area contributed by atoms with Crippen LogP contribution >= 0.6 is 0 Å². The van der Waals surface area contributed by atoms with Crippen molar-refractivity contribution in [2.45, 2.75) is 19.8 Å². The van der Waals surface area contributed by atoms with E-state index in [0.717, 1.165) is 10.9 Å². The summed E-state index contributed by atoms with van der Waals surface area (Å²) in [6.07, 6.45) is 1.77. The SMILES string of the molecule is CC(C)c1c(C(N)=O)c(N)nc2[nH]ccc12. The first-order valence-corrected chi connectivity index (χ1v) is 5.08. The van der Waals surface area contributed by atoms with Crippen LogP contribution in [0.1, 0.15) is 35.7 Å². The molecular formula is C11H14N4O. The Hall–Kier alpha value is -2.04. The number of anilines is 1. The van der Waals surface area contributed by atoms with Gasteiger partial charge in [0.15, 0.2) is 0 Å². The van der Waals surface area contributed by atoms with Crippen molar-refractivity contribution in [1.82, 2.24) is 9.97 Å². The van der Waals surface area contributed by atoms with Crippen LogP contribution in [0, 0.1) is 0 Å². The number of hydrogen-bond acceptors (Lipinski definition) is 3. The highest BCUT2D eigenvalue weighted by atomic mass is 16.1. The van der Waals surface area contributed by atoms with E-state index in [0.29, 0.717) is 11.2 Å². The molecule has 0 fully saturated rings. The molecule has 2 aromatic heterocycles. The summed E-state index contributed by atoms with van der Waals surface area (Å²) in [5.41, 5.74) is 13.0. The molecule has 0 atom stereocenters. The molecule has 0 saturated heterocycles. The number of pyridine rings is 1. The van der Waals surface area contributed by atoms with E-state index < -0.39 is 5.91 Å². The summed E-state index contributed by atoms with van der Waals surface area (Å²) in [4.78, 5) is 18.5. The molecule has 0 saturated carbocycles. The lowest BCUT2D eigenvalue weighted by atomic mass is 9.95. The van der Waals surface area contributed by atoms with E-state index in [1.165, 1.54) is 0 Å². The minimum atomic E-state index is -0.531. The first kappa shape index (κ1) is 10.5. The lowest BCUT2D eigenvalue weighted by Gasteiger charge is -2.13. The van der Waals surface area contributed by atoms with E-state index in [1.54, 1.807) is 6.20 Å². The Kier molecular flexibility index (Phi) is 2.30. The minimum absolute atomic E-state index is 0.158. The number of amides is 1. The Bertz CT molecular complexity index is 556. The van der Waals surface area contributed by atoms with Gasteiger partial charge in [-0.3, -0.25) is 4.79 Å². The van der Waals surface area contributed by atoms with Gasteiger partial charge in [0.25, 0.3) is 5.91 Å². The molecule has 5 heteroatoms. The molecule has 5 nitrogen and oxygen atoms in total. The number of aromatic amines is 1. The van der Waals surface area contributed by atoms with Gasteiger partial charge in [-0.15, -0.1) is 0 Å². The largest absolute Gasteiger partial charge is 0.383 e. The molecule has 0 spiro atoms. The zero-order valence-corrected chi connectivity index (χ0v) is 9.24. The van der Waals surface area contributed by atoms with E-state index in [-0.39, 0.29) is 11.7 Å². The molecule has 0 aromatic carbocycles. The number of fused-ring (bicyclic) bond motifs is 1. The first-order chi connectivity index (χ1) is 7.52. The van der Waals surface area contributed by atoms with Crippen LogP contribution in [-0.2, 0) is 0 Å². The zero-order chi connectivity index (χ0) is 11.9. The number of nitrogen functional groups attached to an aromatic ring is 1. The van der Waals surface area contributed by atoms with E-state index in [9.17, 15) is 4.79 Å². The maximum Gasteiger partial charge on any atom is 0.252 e. The fourth-order valence-electron chi connectivity index (χ4n) is 1.98. The molecule has 2 aromatic rings. The van der Waals surface area contributed by atoms with Crippen LogP contribution in [0.25, 0.3) is 11.0 Å². The smallest absolute Gasteiger partial charge is 0.252 e. The first-order valence-electron chi connectivity index (χ1n) is 5.08. The second-order valence-corrected chi connectivity index (χ2v) is 4.04. The van der Waals surface area contributed by atoms with Crippen LogP contribution < -0.4 is 11.5 Å². The molecule has 0 radical (unpaired) electrons. The van der Waals surface area contributed by atoms with Gasteiger partial charge in [-0.05, 0) is 17.5 Å². The fraction of sp³-hybridized carbons (Fsp3) is 0.273. The fourth-order valence-corrected chi connectivity index (χ4v) is 1.98.